The molecule has 134 valence electrons. The zero-order valence-corrected chi connectivity index (χ0v) is 14.4. The summed E-state index contributed by atoms with van der Waals surface area (Å²) in [5.74, 6) is -0.439. The van der Waals surface area contributed by atoms with Gasteiger partial charge in [-0.05, 0) is 31.2 Å². The smallest absolute Gasteiger partial charge is 0.270 e. The Labute approximate surface area is 149 Å². The molecule has 26 heavy (non-hydrogen) atoms. The van der Waals surface area contributed by atoms with Crippen molar-refractivity contribution >= 4 is 22.7 Å². The minimum Gasteiger partial charge on any atom is -0.507 e. The molecule has 0 saturated carbocycles. The predicted octanol–water partition coefficient (Wildman–Crippen LogP) is 1.55. The number of aromatic hydroxyl groups is 1. The number of phenolic OH excluding ortho intramolecular Hbond substituents is 1. The molecule has 0 aliphatic carbocycles. The Bertz CT molecular complexity index is 938. The number of aromatic amines is 1. The summed E-state index contributed by atoms with van der Waals surface area (Å²) in [6.07, 6.45) is 2.80. The maximum Gasteiger partial charge on any atom is 0.270 e. The number of hydrogen-bond acceptors (Lipinski definition) is 5. The third-order valence-electron chi connectivity index (χ3n) is 4.23. The van der Waals surface area contributed by atoms with Gasteiger partial charge in [0.25, 0.3) is 11.8 Å². The molecule has 1 atom stereocenters. The molecule has 1 unspecified atom stereocenters. The maximum atomic E-state index is 12.7. The molecule has 0 bridgehead atoms. The normalized spacial score (nSPS) is 11.9. The molecule has 0 spiro atoms. The molecule has 0 saturated heterocycles. The number of carbonyl (C=O) groups excluding carboxylic acids is 2. The summed E-state index contributed by atoms with van der Waals surface area (Å²) in [5.41, 5.74) is 1.33. The van der Waals surface area contributed by atoms with Crippen LogP contribution in [0.2, 0.25) is 0 Å². The molecular formula is C18H19N5O3. The van der Waals surface area contributed by atoms with Gasteiger partial charge in [-0.15, -0.1) is 0 Å². The highest BCUT2D eigenvalue weighted by Crippen LogP contribution is 2.25. The molecule has 2 amide bonds. The van der Waals surface area contributed by atoms with Gasteiger partial charge in [-0.1, -0.05) is 6.07 Å². The van der Waals surface area contributed by atoms with Crippen molar-refractivity contribution in [3.8, 4) is 5.75 Å². The monoisotopic (exact) mass is 353 g/mol. The Morgan fingerprint density at radius 1 is 1.35 bits per heavy atom. The predicted molar refractivity (Wildman–Crippen MR) is 95.9 cm³/mol. The Hall–Kier alpha value is -3.42. The number of amides is 2. The lowest BCUT2D eigenvalue weighted by molar-refractivity contribution is 0.0726. The number of fused-ring (bicyclic) bond motifs is 1. The highest BCUT2D eigenvalue weighted by Gasteiger charge is 2.20. The molecule has 2 aromatic heterocycles. The molecule has 0 aliphatic heterocycles. The first-order valence-electron chi connectivity index (χ1n) is 8.09. The van der Waals surface area contributed by atoms with E-state index in [1.807, 2.05) is 6.92 Å². The van der Waals surface area contributed by atoms with E-state index in [0.717, 1.165) is 0 Å². The number of nitrogens with one attached hydrogen (secondary N) is 2. The van der Waals surface area contributed by atoms with E-state index < -0.39 is 0 Å². The number of nitrogens with zero attached hydrogens (tertiary/aromatic N) is 3. The first-order valence-corrected chi connectivity index (χ1v) is 8.09. The van der Waals surface area contributed by atoms with Crippen molar-refractivity contribution in [2.45, 2.75) is 13.0 Å². The first kappa shape index (κ1) is 17.4. The number of rotatable bonds is 5. The Morgan fingerprint density at radius 2 is 2.15 bits per heavy atom. The lowest BCUT2D eigenvalue weighted by Crippen LogP contribution is -2.43. The topological polar surface area (TPSA) is 111 Å². The molecule has 0 fully saturated rings. The van der Waals surface area contributed by atoms with Gasteiger partial charge in [-0.2, -0.15) is 0 Å². The van der Waals surface area contributed by atoms with Crippen LogP contribution >= 0.6 is 0 Å². The van der Waals surface area contributed by atoms with E-state index in [-0.39, 0.29) is 35.8 Å². The van der Waals surface area contributed by atoms with Crippen LogP contribution in [0.25, 0.3) is 10.9 Å². The zero-order valence-electron chi connectivity index (χ0n) is 14.4. The van der Waals surface area contributed by atoms with Crippen molar-refractivity contribution in [3.05, 3.63) is 54.2 Å². The second-order valence-corrected chi connectivity index (χ2v) is 5.99. The molecule has 3 N–H and O–H groups in total. The Balaban J connectivity index is 1.65. The van der Waals surface area contributed by atoms with Gasteiger partial charge in [0, 0.05) is 36.7 Å². The van der Waals surface area contributed by atoms with E-state index in [1.165, 1.54) is 23.5 Å². The molecule has 3 rings (SSSR count). The standard InChI is InChI=1S/C18H19N5O3/c1-11(9-20-17(25)14-6-7-19-10-21-14)23(2)18(26)15-8-12-13(22-15)4-3-5-16(12)24/h3-8,10-11,22,24H,9H2,1-2H3,(H,20,25). The first-order chi connectivity index (χ1) is 12.5. The molecule has 1 aromatic carbocycles. The number of benzene rings is 1. The van der Waals surface area contributed by atoms with Crippen LogP contribution in [-0.4, -0.2) is 56.4 Å². The summed E-state index contributed by atoms with van der Waals surface area (Å²) in [5, 5.41) is 13.2. The number of aromatic nitrogens is 3. The van der Waals surface area contributed by atoms with Gasteiger partial charge in [0.05, 0.1) is 0 Å². The van der Waals surface area contributed by atoms with Gasteiger partial charge in [0.2, 0.25) is 0 Å². The van der Waals surface area contributed by atoms with Crippen LogP contribution in [0.15, 0.2) is 42.9 Å². The molecule has 0 aliphatic rings. The average molecular weight is 353 g/mol. The van der Waals surface area contributed by atoms with Crippen molar-refractivity contribution in [1.29, 1.82) is 0 Å². The van der Waals surface area contributed by atoms with E-state index >= 15 is 0 Å². The second kappa shape index (κ2) is 7.22. The van der Waals surface area contributed by atoms with Crippen molar-refractivity contribution in [2.24, 2.45) is 0 Å². The largest absolute Gasteiger partial charge is 0.507 e. The maximum absolute atomic E-state index is 12.7. The number of H-pyrrole nitrogens is 1. The summed E-state index contributed by atoms with van der Waals surface area (Å²) in [4.78, 5) is 36.9. The number of likely N-dealkylation sites (N-methyl/N-ethyl adjacent to an activating group) is 1. The Kier molecular flexibility index (Phi) is 4.83. The van der Waals surface area contributed by atoms with Gasteiger partial charge < -0.3 is 20.3 Å². The number of phenols is 1. The van der Waals surface area contributed by atoms with Crippen LogP contribution in [-0.2, 0) is 0 Å². The van der Waals surface area contributed by atoms with E-state index in [1.54, 1.807) is 31.3 Å². The molecule has 8 heteroatoms. The molecule has 3 aromatic rings. The quantitative estimate of drug-likeness (QED) is 0.644. The summed E-state index contributed by atoms with van der Waals surface area (Å²) in [7, 11) is 1.66. The lowest BCUT2D eigenvalue weighted by atomic mass is 10.2. The summed E-state index contributed by atoms with van der Waals surface area (Å²) in [6, 6.07) is 7.96. The summed E-state index contributed by atoms with van der Waals surface area (Å²) >= 11 is 0. The third kappa shape index (κ3) is 3.49. The molecule has 2 heterocycles. The van der Waals surface area contributed by atoms with Crippen LogP contribution in [0.4, 0.5) is 0 Å². The second-order valence-electron chi connectivity index (χ2n) is 5.99. The van der Waals surface area contributed by atoms with Crippen molar-refractivity contribution in [2.75, 3.05) is 13.6 Å². The number of hydrogen-bond donors (Lipinski definition) is 3. The summed E-state index contributed by atoms with van der Waals surface area (Å²) < 4.78 is 0. The van der Waals surface area contributed by atoms with Crippen LogP contribution in [0.3, 0.4) is 0 Å². The van der Waals surface area contributed by atoms with E-state index in [9.17, 15) is 14.7 Å². The fraction of sp³-hybridized carbons (Fsp3) is 0.222. The molecule has 8 nitrogen and oxygen atoms in total. The lowest BCUT2D eigenvalue weighted by Gasteiger charge is -2.24. The fourth-order valence-corrected chi connectivity index (χ4v) is 2.54. The average Bonchev–Trinajstić information content (AvgIpc) is 3.11. The van der Waals surface area contributed by atoms with Gasteiger partial charge >= 0.3 is 0 Å². The van der Waals surface area contributed by atoms with Crippen LogP contribution in [0.1, 0.15) is 27.9 Å². The van der Waals surface area contributed by atoms with Crippen molar-refractivity contribution < 1.29 is 14.7 Å². The SMILES string of the molecule is CC(CNC(=O)c1ccncn1)N(C)C(=O)c1cc2c(O)cccc2[nH]1. The Morgan fingerprint density at radius 3 is 2.85 bits per heavy atom. The van der Waals surface area contributed by atoms with Gasteiger partial charge in [-0.3, -0.25) is 9.59 Å². The molecule has 0 radical (unpaired) electrons. The summed E-state index contributed by atoms with van der Waals surface area (Å²) in [6.45, 7) is 2.11. The van der Waals surface area contributed by atoms with E-state index in [2.05, 4.69) is 20.3 Å². The van der Waals surface area contributed by atoms with Crippen LogP contribution in [0, 0.1) is 0 Å². The zero-order chi connectivity index (χ0) is 18.7. The highest BCUT2D eigenvalue weighted by molar-refractivity contribution is 5.99. The fourth-order valence-electron chi connectivity index (χ4n) is 2.54. The van der Waals surface area contributed by atoms with Crippen LogP contribution in [0.5, 0.6) is 5.75 Å². The highest BCUT2D eigenvalue weighted by atomic mass is 16.3. The van der Waals surface area contributed by atoms with Crippen molar-refractivity contribution in [1.82, 2.24) is 25.2 Å². The van der Waals surface area contributed by atoms with E-state index in [0.29, 0.717) is 16.6 Å². The van der Waals surface area contributed by atoms with Crippen molar-refractivity contribution in [3.63, 3.8) is 0 Å². The minimum absolute atomic E-state index is 0.116. The van der Waals surface area contributed by atoms with Gasteiger partial charge in [0.1, 0.15) is 23.5 Å². The number of carbonyl (C=O) groups is 2. The minimum atomic E-state index is -0.323. The van der Waals surface area contributed by atoms with E-state index in [4.69, 9.17) is 0 Å². The molecular weight excluding hydrogens is 334 g/mol. The van der Waals surface area contributed by atoms with Gasteiger partial charge in [-0.25, -0.2) is 9.97 Å². The van der Waals surface area contributed by atoms with Gasteiger partial charge in [0.15, 0.2) is 0 Å². The van der Waals surface area contributed by atoms with Crippen LogP contribution < -0.4 is 5.32 Å². The third-order valence-corrected chi connectivity index (χ3v) is 4.23.